The number of carbonyl (C=O) groups is 1. The lowest BCUT2D eigenvalue weighted by Crippen LogP contribution is -2.39. The van der Waals surface area contributed by atoms with E-state index in [1.165, 1.54) is 25.7 Å². The first kappa shape index (κ1) is 21.2. The summed E-state index contributed by atoms with van der Waals surface area (Å²) < 4.78 is 5.08. The van der Waals surface area contributed by atoms with Gasteiger partial charge >= 0.3 is 5.97 Å². The van der Waals surface area contributed by atoms with E-state index in [-0.39, 0.29) is 36.0 Å². The molecule has 0 bridgehead atoms. The lowest BCUT2D eigenvalue weighted by atomic mass is 9.97. The first-order valence-corrected chi connectivity index (χ1v) is 7.93. The highest BCUT2D eigenvalue weighted by molar-refractivity contribution is 14.0. The molecule has 22 heavy (non-hydrogen) atoms. The van der Waals surface area contributed by atoms with E-state index in [4.69, 9.17) is 4.74 Å². The molecule has 1 aliphatic carbocycles. The van der Waals surface area contributed by atoms with Crippen LogP contribution in [0.5, 0.6) is 0 Å². The lowest BCUT2D eigenvalue weighted by Gasteiger charge is -2.15. The molecule has 0 amide bonds. The first-order valence-electron chi connectivity index (χ1n) is 7.93. The number of nitrogens with zero attached hydrogens (tertiary/aromatic N) is 1. The Morgan fingerprint density at radius 3 is 2.64 bits per heavy atom. The van der Waals surface area contributed by atoms with Gasteiger partial charge in [0.05, 0.1) is 12.5 Å². The third kappa shape index (κ3) is 10.0. The summed E-state index contributed by atoms with van der Waals surface area (Å²) >= 11 is 0. The zero-order valence-corrected chi connectivity index (χ0v) is 16.3. The van der Waals surface area contributed by atoms with Gasteiger partial charge < -0.3 is 15.4 Å². The van der Waals surface area contributed by atoms with Crippen LogP contribution in [0.3, 0.4) is 0 Å². The maximum absolute atomic E-state index is 11.4. The molecule has 0 fully saturated rings. The van der Waals surface area contributed by atoms with Gasteiger partial charge in [-0.1, -0.05) is 11.6 Å². The molecule has 0 aromatic rings. The molecule has 0 radical (unpaired) electrons. The van der Waals surface area contributed by atoms with E-state index in [1.54, 1.807) is 12.6 Å². The number of aliphatic imine (C=N–C) groups is 1. The number of carbonyl (C=O) groups excluding carboxylic acids is 1. The molecule has 0 atom stereocenters. The molecule has 2 N–H and O–H groups in total. The summed E-state index contributed by atoms with van der Waals surface area (Å²) in [5.74, 6) is 0.559. The Labute approximate surface area is 151 Å². The second-order valence-electron chi connectivity index (χ2n) is 5.57. The van der Waals surface area contributed by atoms with Gasteiger partial charge in [-0.15, -0.1) is 24.0 Å². The minimum Gasteiger partial charge on any atom is -0.463 e. The van der Waals surface area contributed by atoms with Crippen molar-refractivity contribution in [3.8, 4) is 0 Å². The van der Waals surface area contributed by atoms with Gasteiger partial charge in [-0.05, 0) is 46.0 Å². The molecule has 128 valence electrons. The highest BCUT2D eigenvalue weighted by atomic mass is 127. The van der Waals surface area contributed by atoms with Crippen LogP contribution in [0, 0.1) is 0 Å². The zero-order valence-electron chi connectivity index (χ0n) is 14.0. The maximum Gasteiger partial charge on any atom is 0.307 e. The number of esters is 1. The quantitative estimate of drug-likeness (QED) is 0.217. The van der Waals surface area contributed by atoms with Crippen molar-refractivity contribution in [3.05, 3.63) is 11.6 Å². The van der Waals surface area contributed by atoms with Crippen LogP contribution >= 0.6 is 24.0 Å². The summed E-state index contributed by atoms with van der Waals surface area (Å²) in [6.07, 6.45) is 8.82. The number of allylic oxidation sites excluding steroid dienone is 1. The minimum atomic E-state index is -0.180. The number of rotatable bonds is 7. The largest absolute Gasteiger partial charge is 0.463 e. The van der Waals surface area contributed by atoms with Gasteiger partial charge in [0.25, 0.3) is 0 Å². The number of hydrogen-bond acceptors (Lipinski definition) is 3. The standard InChI is InChI=1S/C16H29N3O2.HI/c1-13(2)21-15(20)10-12-19-16(17-3)18-11-9-14-7-5-4-6-8-14;/h7,13H,4-6,8-12H2,1-3H3,(H2,17,18,19);1H. The zero-order chi connectivity index (χ0) is 15.5. The fraction of sp³-hybridized carbons (Fsp3) is 0.750. The van der Waals surface area contributed by atoms with E-state index < -0.39 is 0 Å². The van der Waals surface area contributed by atoms with Gasteiger partial charge in [-0.25, -0.2) is 0 Å². The SMILES string of the molecule is CN=C(NCCC(=O)OC(C)C)NCCC1=CCCCC1.I. The van der Waals surface area contributed by atoms with Gasteiger partial charge in [0.15, 0.2) is 5.96 Å². The van der Waals surface area contributed by atoms with E-state index >= 15 is 0 Å². The summed E-state index contributed by atoms with van der Waals surface area (Å²) in [5.41, 5.74) is 1.55. The van der Waals surface area contributed by atoms with Crippen molar-refractivity contribution in [2.24, 2.45) is 4.99 Å². The number of ether oxygens (including phenoxy) is 1. The van der Waals surface area contributed by atoms with Crippen molar-refractivity contribution in [3.63, 3.8) is 0 Å². The number of guanidine groups is 1. The van der Waals surface area contributed by atoms with Crippen LogP contribution in [0.25, 0.3) is 0 Å². The van der Waals surface area contributed by atoms with Gasteiger partial charge in [-0.3, -0.25) is 9.79 Å². The van der Waals surface area contributed by atoms with Crippen LogP contribution in [0.2, 0.25) is 0 Å². The fourth-order valence-electron chi connectivity index (χ4n) is 2.30. The van der Waals surface area contributed by atoms with Gasteiger partial charge in [0.2, 0.25) is 0 Å². The van der Waals surface area contributed by atoms with Crippen LogP contribution in [0.15, 0.2) is 16.6 Å². The molecule has 6 heteroatoms. The van der Waals surface area contributed by atoms with Crippen molar-refractivity contribution in [1.82, 2.24) is 10.6 Å². The Hall–Kier alpha value is -0.790. The third-order valence-corrected chi connectivity index (χ3v) is 3.34. The molecule has 5 nitrogen and oxygen atoms in total. The van der Waals surface area contributed by atoms with E-state index in [0.29, 0.717) is 13.0 Å². The molecule has 0 saturated heterocycles. The first-order chi connectivity index (χ1) is 10.1. The summed E-state index contributed by atoms with van der Waals surface area (Å²) in [7, 11) is 1.74. The van der Waals surface area contributed by atoms with Crippen LogP contribution in [-0.4, -0.2) is 38.2 Å². The maximum atomic E-state index is 11.4. The molecule has 0 aliphatic heterocycles. The van der Waals surface area contributed by atoms with Crippen LogP contribution in [-0.2, 0) is 9.53 Å². The number of halogens is 1. The van der Waals surface area contributed by atoms with E-state index in [1.807, 2.05) is 13.8 Å². The van der Waals surface area contributed by atoms with Gasteiger partial charge in [0.1, 0.15) is 0 Å². The molecule has 0 saturated carbocycles. The summed E-state index contributed by atoms with van der Waals surface area (Å²) in [4.78, 5) is 15.6. The molecule has 0 aromatic heterocycles. The topological polar surface area (TPSA) is 62.7 Å². The second-order valence-corrected chi connectivity index (χ2v) is 5.57. The van der Waals surface area contributed by atoms with Gasteiger partial charge in [-0.2, -0.15) is 0 Å². The summed E-state index contributed by atoms with van der Waals surface area (Å²) in [6.45, 7) is 5.12. The predicted octanol–water partition coefficient (Wildman–Crippen LogP) is 3.00. The normalized spacial score (nSPS) is 14.9. The van der Waals surface area contributed by atoms with E-state index in [2.05, 4.69) is 21.7 Å². The Kier molecular flexibility index (Phi) is 12.3. The molecular weight excluding hydrogens is 393 g/mol. The molecule has 0 aromatic carbocycles. The Morgan fingerprint density at radius 1 is 1.32 bits per heavy atom. The summed E-state index contributed by atoms with van der Waals surface area (Å²) in [5, 5.41) is 6.41. The van der Waals surface area contributed by atoms with Crippen LogP contribution < -0.4 is 10.6 Å². The average molecular weight is 423 g/mol. The van der Waals surface area contributed by atoms with Crippen molar-refractivity contribution in [1.29, 1.82) is 0 Å². The predicted molar refractivity (Wildman–Crippen MR) is 102 cm³/mol. The molecule has 0 spiro atoms. The fourth-order valence-corrected chi connectivity index (χ4v) is 2.30. The molecule has 1 aliphatic rings. The number of nitrogens with one attached hydrogen (secondary N) is 2. The highest BCUT2D eigenvalue weighted by Gasteiger charge is 2.06. The molecule has 0 unspecified atom stereocenters. The van der Waals surface area contributed by atoms with E-state index in [9.17, 15) is 4.79 Å². The Bertz CT molecular complexity index is 382. The van der Waals surface area contributed by atoms with Crippen molar-refractivity contribution in [2.75, 3.05) is 20.1 Å². The van der Waals surface area contributed by atoms with Crippen LogP contribution in [0.4, 0.5) is 0 Å². The van der Waals surface area contributed by atoms with E-state index in [0.717, 1.165) is 18.9 Å². The van der Waals surface area contributed by atoms with Crippen molar-refractivity contribution >= 4 is 35.9 Å². The minimum absolute atomic E-state index is 0. The smallest absolute Gasteiger partial charge is 0.307 e. The highest BCUT2D eigenvalue weighted by Crippen LogP contribution is 2.19. The monoisotopic (exact) mass is 423 g/mol. The third-order valence-electron chi connectivity index (χ3n) is 3.34. The molecular formula is C16H30IN3O2. The number of hydrogen-bond donors (Lipinski definition) is 2. The molecule has 0 heterocycles. The second kappa shape index (κ2) is 12.7. The lowest BCUT2D eigenvalue weighted by molar-refractivity contribution is -0.147. The Balaban J connectivity index is 0.00000441. The van der Waals surface area contributed by atoms with Crippen molar-refractivity contribution < 1.29 is 9.53 Å². The van der Waals surface area contributed by atoms with Gasteiger partial charge in [0, 0.05) is 20.1 Å². The average Bonchev–Trinajstić information content (AvgIpc) is 2.46. The van der Waals surface area contributed by atoms with Crippen LogP contribution in [0.1, 0.15) is 52.4 Å². The summed E-state index contributed by atoms with van der Waals surface area (Å²) in [6, 6.07) is 0. The Morgan fingerprint density at radius 2 is 2.05 bits per heavy atom. The van der Waals surface area contributed by atoms with Crippen molar-refractivity contribution in [2.45, 2.75) is 58.5 Å². The molecule has 1 rings (SSSR count).